The Morgan fingerprint density at radius 2 is 2.05 bits per heavy atom. The van der Waals surface area contributed by atoms with Crippen LogP contribution in [0, 0.1) is 5.92 Å². The molecular weight excluding hydrogens is 244 g/mol. The predicted octanol–water partition coefficient (Wildman–Crippen LogP) is 2.18. The van der Waals surface area contributed by atoms with E-state index < -0.39 is 5.97 Å². The molecule has 1 saturated carbocycles. The zero-order valence-corrected chi connectivity index (χ0v) is 11.8. The normalized spacial score (nSPS) is 19.8. The second-order valence-electron chi connectivity index (χ2n) is 6.12. The number of carboxylic acids is 1. The average molecular weight is 266 g/mol. The molecule has 1 aliphatic rings. The first-order valence-electron chi connectivity index (χ1n) is 6.94. The largest absolute Gasteiger partial charge is 0.481 e. The zero-order chi connectivity index (χ0) is 14.0. The number of aliphatic carboxylic acids is 1. The molecule has 19 heavy (non-hydrogen) atoms. The van der Waals surface area contributed by atoms with Crippen molar-refractivity contribution in [3.05, 3.63) is 5.82 Å². The van der Waals surface area contributed by atoms with E-state index in [1.807, 2.05) is 13.8 Å². The van der Waals surface area contributed by atoms with Gasteiger partial charge in [0.25, 0.3) is 0 Å². The third-order valence-corrected chi connectivity index (χ3v) is 4.21. The number of tetrazole rings is 1. The van der Waals surface area contributed by atoms with E-state index in [-0.39, 0.29) is 23.8 Å². The standard InChI is InChI=1S/C13H22N4O2/c1-9(2)10(8-11(18)19)17-12(14-15-16-17)13(3)6-4-5-7-13/h9-10H,4-8H2,1-3H3,(H,18,19). The molecule has 1 aromatic heterocycles. The number of nitrogens with zero attached hydrogens (tertiary/aromatic N) is 4. The molecule has 1 heterocycles. The minimum atomic E-state index is -0.809. The summed E-state index contributed by atoms with van der Waals surface area (Å²) in [5, 5.41) is 21.1. The number of aromatic nitrogens is 4. The molecule has 0 aromatic carbocycles. The molecule has 1 fully saturated rings. The summed E-state index contributed by atoms with van der Waals surface area (Å²) in [6.45, 7) is 6.20. The van der Waals surface area contributed by atoms with Crippen molar-refractivity contribution >= 4 is 5.97 Å². The fourth-order valence-electron chi connectivity index (χ4n) is 2.98. The van der Waals surface area contributed by atoms with Crippen LogP contribution in [0.4, 0.5) is 0 Å². The van der Waals surface area contributed by atoms with Gasteiger partial charge in [-0.15, -0.1) is 5.10 Å². The van der Waals surface area contributed by atoms with Gasteiger partial charge in [-0.2, -0.15) is 0 Å². The minimum absolute atomic E-state index is 0.00482. The molecule has 1 aliphatic carbocycles. The van der Waals surface area contributed by atoms with Crippen molar-refractivity contribution in [2.45, 2.75) is 64.3 Å². The van der Waals surface area contributed by atoms with Crippen molar-refractivity contribution < 1.29 is 9.90 Å². The van der Waals surface area contributed by atoms with Crippen molar-refractivity contribution in [2.24, 2.45) is 5.92 Å². The van der Waals surface area contributed by atoms with Crippen molar-refractivity contribution in [1.82, 2.24) is 20.2 Å². The summed E-state index contributed by atoms with van der Waals surface area (Å²) in [6.07, 6.45) is 4.59. The Bertz CT molecular complexity index is 449. The summed E-state index contributed by atoms with van der Waals surface area (Å²) < 4.78 is 1.75. The van der Waals surface area contributed by atoms with Gasteiger partial charge in [0, 0.05) is 5.41 Å². The molecule has 1 N–H and O–H groups in total. The molecule has 0 saturated heterocycles. The molecule has 1 aromatic rings. The lowest BCUT2D eigenvalue weighted by molar-refractivity contribution is -0.138. The van der Waals surface area contributed by atoms with Crippen LogP contribution in [-0.2, 0) is 10.2 Å². The van der Waals surface area contributed by atoms with Gasteiger partial charge in [-0.05, 0) is 29.2 Å². The van der Waals surface area contributed by atoms with Crippen molar-refractivity contribution in [1.29, 1.82) is 0 Å². The van der Waals surface area contributed by atoms with Crippen molar-refractivity contribution in [2.75, 3.05) is 0 Å². The maximum absolute atomic E-state index is 11.0. The number of hydrogen-bond donors (Lipinski definition) is 1. The summed E-state index contributed by atoms with van der Waals surface area (Å²) in [7, 11) is 0. The van der Waals surface area contributed by atoms with Crippen LogP contribution < -0.4 is 0 Å². The monoisotopic (exact) mass is 266 g/mol. The van der Waals surface area contributed by atoms with Gasteiger partial charge in [-0.25, -0.2) is 4.68 Å². The second-order valence-corrected chi connectivity index (χ2v) is 6.12. The summed E-state index contributed by atoms with van der Waals surface area (Å²) in [6, 6.07) is -0.181. The lowest BCUT2D eigenvalue weighted by atomic mass is 9.87. The first-order chi connectivity index (χ1) is 8.94. The first-order valence-corrected chi connectivity index (χ1v) is 6.94. The van der Waals surface area contributed by atoms with Crippen LogP contribution in [-0.4, -0.2) is 31.3 Å². The Balaban J connectivity index is 2.33. The van der Waals surface area contributed by atoms with E-state index in [0.29, 0.717) is 0 Å². The summed E-state index contributed by atoms with van der Waals surface area (Å²) >= 11 is 0. The molecule has 6 nitrogen and oxygen atoms in total. The van der Waals surface area contributed by atoms with Crippen LogP contribution in [0.2, 0.25) is 0 Å². The van der Waals surface area contributed by atoms with E-state index in [4.69, 9.17) is 5.11 Å². The lowest BCUT2D eigenvalue weighted by Gasteiger charge is -2.27. The van der Waals surface area contributed by atoms with Gasteiger partial charge in [0.15, 0.2) is 5.82 Å². The number of carbonyl (C=O) groups is 1. The highest BCUT2D eigenvalue weighted by atomic mass is 16.4. The molecule has 1 unspecified atom stereocenters. The van der Waals surface area contributed by atoms with Gasteiger partial charge in [0.05, 0.1) is 12.5 Å². The van der Waals surface area contributed by atoms with Crippen molar-refractivity contribution in [3.63, 3.8) is 0 Å². The van der Waals surface area contributed by atoms with Gasteiger partial charge in [-0.1, -0.05) is 33.6 Å². The van der Waals surface area contributed by atoms with Crippen LogP contribution in [0.3, 0.4) is 0 Å². The van der Waals surface area contributed by atoms with Gasteiger partial charge in [-0.3, -0.25) is 4.79 Å². The van der Waals surface area contributed by atoms with Crippen LogP contribution in [0.15, 0.2) is 0 Å². The molecule has 0 spiro atoms. The molecule has 106 valence electrons. The topological polar surface area (TPSA) is 80.9 Å². The van der Waals surface area contributed by atoms with E-state index in [1.54, 1.807) is 4.68 Å². The Hall–Kier alpha value is -1.46. The highest BCUT2D eigenvalue weighted by Gasteiger charge is 2.37. The Kier molecular flexibility index (Phi) is 3.87. The van der Waals surface area contributed by atoms with E-state index in [0.717, 1.165) is 18.7 Å². The summed E-state index contributed by atoms with van der Waals surface area (Å²) in [4.78, 5) is 11.0. The third-order valence-electron chi connectivity index (χ3n) is 4.21. The Morgan fingerprint density at radius 3 is 2.58 bits per heavy atom. The van der Waals surface area contributed by atoms with Gasteiger partial charge in [0.1, 0.15) is 0 Å². The minimum Gasteiger partial charge on any atom is -0.481 e. The van der Waals surface area contributed by atoms with E-state index in [9.17, 15) is 4.79 Å². The first kappa shape index (κ1) is 14.0. The van der Waals surface area contributed by atoms with Crippen molar-refractivity contribution in [3.8, 4) is 0 Å². The SMILES string of the molecule is CC(C)C(CC(=O)O)n1nnnc1C1(C)CCCC1. The van der Waals surface area contributed by atoms with Crippen LogP contribution >= 0.6 is 0 Å². The Morgan fingerprint density at radius 1 is 1.42 bits per heavy atom. The molecule has 0 aliphatic heterocycles. The number of carboxylic acid groups (broad SMARTS) is 1. The zero-order valence-electron chi connectivity index (χ0n) is 11.8. The molecular formula is C13H22N4O2. The highest BCUT2D eigenvalue weighted by molar-refractivity contribution is 5.67. The van der Waals surface area contributed by atoms with E-state index in [1.165, 1.54) is 12.8 Å². The van der Waals surface area contributed by atoms with E-state index in [2.05, 4.69) is 22.4 Å². The van der Waals surface area contributed by atoms with Gasteiger partial charge in [0.2, 0.25) is 0 Å². The third kappa shape index (κ3) is 2.77. The highest BCUT2D eigenvalue weighted by Crippen LogP contribution is 2.40. The molecule has 0 bridgehead atoms. The molecule has 6 heteroatoms. The second kappa shape index (κ2) is 5.27. The van der Waals surface area contributed by atoms with E-state index >= 15 is 0 Å². The summed E-state index contributed by atoms with van der Waals surface area (Å²) in [5.41, 5.74) is -0.00482. The van der Waals surface area contributed by atoms with Crippen LogP contribution in [0.1, 0.15) is 64.7 Å². The molecule has 2 rings (SSSR count). The maximum atomic E-state index is 11.0. The van der Waals surface area contributed by atoms with Gasteiger partial charge >= 0.3 is 5.97 Å². The van der Waals surface area contributed by atoms with Gasteiger partial charge < -0.3 is 5.11 Å². The lowest BCUT2D eigenvalue weighted by Crippen LogP contribution is -2.29. The number of rotatable bonds is 5. The van der Waals surface area contributed by atoms with Crippen LogP contribution in [0.5, 0.6) is 0 Å². The fraction of sp³-hybridized carbons (Fsp3) is 0.846. The smallest absolute Gasteiger partial charge is 0.305 e. The predicted molar refractivity (Wildman–Crippen MR) is 69.8 cm³/mol. The average Bonchev–Trinajstić information content (AvgIpc) is 2.94. The van der Waals surface area contributed by atoms with Crippen LogP contribution in [0.25, 0.3) is 0 Å². The quantitative estimate of drug-likeness (QED) is 0.883. The maximum Gasteiger partial charge on any atom is 0.305 e. The summed E-state index contributed by atoms with van der Waals surface area (Å²) in [5.74, 6) is 0.227. The molecule has 0 amide bonds. The Labute approximate surface area is 113 Å². The fourth-order valence-corrected chi connectivity index (χ4v) is 2.98. The molecule has 1 atom stereocenters. The molecule has 0 radical (unpaired) electrons. The number of hydrogen-bond acceptors (Lipinski definition) is 4.